The fourth-order valence-corrected chi connectivity index (χ4v) is 3.85. The van der Waals surface area contributed by atoms with Gasteiger partial charge >= 0.3 is 5.84 Å². The fraction of sp³-hybridized carbons (Fsp3) is 0.107. The number of nitrogens with two attached hydrogens (primary N) is 2. The molecule has 0 bridgehead atoms. The summed E-state index contributed by atoms with van der Waals surface area (Å²) in [6.07, 6.45) is 2.34. The van der Waals surface area contributed by atoms with Crippen molar-refractivity contribution in [3.8, 4) is 22.8 Å². The average molecular weight is 481 g/mol. The van der Waals surface area contributed by atoms with Crippen LogP contribution in [0.25, 0.3) is 11.3 Å². The van der Waals surface area contributed by atoms with Crippen molar-refractivity contribution in [1.82, 2.24) is 4.98 Å². The van der Waals surface area contributed by atoms with E-state index in [0.29, 0.717) is 23.4 Å². The molecule has 4 rings (SSSR count). The molecule has 3 aromatic carbocycles. The second-order valence-corrected chi connectivity index (χ2v) is 8.19. The lowest BCUT2D eigenvalue weighted by Gasteiger charge is -2.15. The van der Waals surface area contributed by atoms with Gasteiger partial charge in [-0.3, -0.25) is 21.0 Å². The molecule has 1 heterocycles. The summed E-state index contributed by atoms with van der Waals surface area (Å²) in [7, 11) is 0. The monoisotopic (exact) mass is 480 g/mol. The molecule has 4 aromatic rings. The number of ketones is 1. The number of hydrogen-bond donors (Lipinski definition) is 3. The molecule has 0 aliphatic heterocycles. The van der Waals surface area contributed by atoms with Gasteiger partial charge in [-0.25, -0.2) is 0 Å². The zero-order valence-corrected chi connectivity index (χ0v) is 19.8. The molecule has 1 aromatic heterocycles. The number of nitrogens with zero attached hydrogens (tertiary/aromatic N) is 3. The summed E-state index contributed by atoms with van der Waals surface area (Å²) in [5.41, 5.74) is 5.05. The number of pyridine rings is 1. The number of rotatable bonds is 8. The highest BCUT2D eigenvalue weighted by molar-refractivity contribution is 5.99. The first-order valence-corrected chi connectivity index (χ1v) is 11.3. The van der Waals surface area contributed by atoms with Crippen molar-refractivity contribution in [2.45, 2.75) is 20.0 Å². The highest BCUT2D eigenvalue weighted by Crippen LogP contribution is 2.39. The van der Waals surface area contributed by atoms with Gasteiger partial charge in [-0.1, -0.05) is 42.5 Å². The number of carbonyl (C=O) groups excluding carboxylic acids is 1. The van der Waals surface area contributed by atoms with Crippen molar-refractivity contribution >= 4 is 11.6 Å². The van der Waals surface area contributed by atoms with Crippen LogP contribution in [0.15, 0.2) is 95.4 Å². The van der Waals surface area contributed by atoms with E-state index in [-0.39, 0.29) is 29.5 Å². The Balaban J connectivity index is 1.50. The third kappa shape index (κ3) is 5.61. The van der Waals surface area contributed by atoms with Crippen molar-refractivity contribution in [3.63, 3.8) is 0 Å². The Morgan fingerprint density at radius 2 is 1.78 bits per heavy atom. The quantitative estimate of drug-likeness (QED) is 0.0883. The minimum Gasteiger partial charge on any atom is -0.506 e. The van der Waals surface area contributed by atoms with Crippen molar-refractivity contribution < 1.29 is 20.0 Å². The van der Waals surface area contributed by atoms with E-state index in [1.807, 2.05) is 54.6 Å². The van der Waals surface area contributed by atoms with Crippen LogP contribution in [0.1, 0.15) is 39.5 Å². The van der Waals surface area contributed by atoms with E-state index < -0.39 is 0 Å². The molecule has 0 aliphatic rings. The van der Waals surface area contributed by atoms with Crippen LogP contribution in [0, 0.1) is 0 Å². The number of hydrogen-bond acceptors (Lipinski definition) is 5. The maximum absolute atomic E-state index is 11.9. The van der Waals surface area contributed by atoms with Gasteiger partial charge in [-0.2, -0.15) is 0 Å². The minimum absolute atomic E-state index is 0.137. The van der Waals surface area contributed by atoms with Crippen LogP contribution < -0.4 is 16.0 Å². The standard InChI is InChI=1S/C28H25N5O3/c1-18(34)23-12-13-25(26(27(23)35)24-7-2-3-14-31-24)36-17-20-10-8-19(9-11-20)15-21-5-4-6-22(16-21)28(29)32-33-30/h2-14,16,35H,15,17H2,1H3,(H3,29,30,32)/p+1. The van der Waals surface area contributed by atoms with Crippen LogP contribution in [0.3, 0.4) is 0 Å². The van der Waals surface area contributed by atoms with Crippen LogP contribution in [0.5, 0.6) is 11.5 Å². The van der Waals surface area contributed by atoms with Gasteiger partial charge in [0.1, 0.15) is 18.1 Å². The van der Waals surface area contributed by atoms with Crippen LogP contribution in [-0.2, 0) is 13.0 Å². The smallest absolute Gasteiger partial charge is 0.350 e. The van der Waals surface area contributed by atoms with Gasteiger partial charge in [-0.05, 0) is 66.4 Å². The molecular formula is C28H26N5O3+. The summed E-state index contributed by atoms with van der Waals surface area (Å²) in [6, 6.07) is 24.4. The molecule has 36 heavy (non-hydrogen) atoms. The third-order valence-corrected chi connectivity index (χ3v) is 5.65. The Morgan fingerprint density at radius 3 is 2.47 bits per heavy atom. The number of benzene rings is 3. The lowest BCUT2D eigenvalue weighted by molar-refractivity contribution is -0.114. The largest absolute Gasteiger partial charge is 0.506 e. The maximum atomic E-state index is 11.9. The molecule has 0 unspecified atom stereocenters. The second-order valence-electron chi connectivity index (χ2n) is 8.19. The molecule has 5 N–H and O–H groups in total. The predicted octanol–water partition coefficient (Wildman–Crippen LogP) is 3.66. The van der Waals surface area contributed by atoms with Crippen molar-refractivity contribution in [2.24, 2.45) is 16.2 Å². The topological polar surface area (TPSA) is 136 Å². The van der Waals surface area contributed by atoms with Gasteiger partial charge < -0.3 is 9.84 Å². The molecule has 0 amide bonds. The molecule has 180 valence electrons. The average Bonchev–Trinajstić information content (AvgIpc) is 2.89. The van der Waals surface area contributed by atoms with Gasteiger partial charge in [0.05, 0.1) is 27.5 Å². The highest BCUT2D eigenvalue weighted by atomic mass is 16.5. The third-order valence-electron chi connectivity index (χ3n) is 5.65. The summed E-state index contributed by atoms with van der Waals surface area (Å²) in [5.74, 6) is 5.42. The van der Waals surface area contributed by atoms with Gasteiger partial charge in [0.15, 0.2) is 5.78 Å². The van der Waals surface area contributed by atoms with Crippen LogP contribution in [-0.4, -0.2) is 21.7 Å². The molecule has 8 nitrogen and oxygen atoms in total. The van der Waals surface area contributed by atoms with E-state index in [1.165, 1.54) is 6.92 Å². The number of carbonyl (C=O) groups is 1. The Bertz CT molecular complexity index is 1420. The molecule has 0 fully saturated rings. The molecule has 0 radical (unpaired) electrons. The van der Waals surface area contributed by atoms with E-state index in [9.17, 15) is 9.90 Å². The zero-order chi connectivity index (χ0) is 25.5. The zero-order valence-electron chi connectivity index (χ0n) is 19.8. The lowest BCUT2D eigenvalue weighted by Crippen LogP contribution is -2.39. The highest BCUT2D eigenvalue weighted by Gasteiger charge is 2.19. The minimum atomic E-state index is -0.235. The number of aromatic hydroxyl groups is 1. The number of ether oxygens (including phenoxy) is 1. The van der Waals surface area contributed by atoms with Crippen LogP contribution in [0.4, 0.5) is 0 Å². The lowest BCUT2D eigenvalue weighted by atomic mass is 10.0. The van der Waals surface area contributed by atoms with Crippen LogP contribution >= 0.6 is 0 Å². The van der Waals surface area contributed by atoms with E-state index in [4.69, 9.17) is 16.0 Å². The second kappa shape index (κ2) is 11.1. The van der Waals surface area contributed by atoms with E-state index in [0.717, 1.165) is 22.3 Å². The molecule has 0 atom stereocenters. The van der Waals surface area contributed by atoms with Crippen molar-refractivity contribution in [2.75, 3.05) is 0 Å². The van der Waals surface area contributed by atoms with Gasteiger partial charge in [0, 0.05) is 11.4 Å². The first-order chi connectivity index (χ1) is 17.5. The van der Waals surface area contributed by atoms with Gasteiger partial charge in [0.2, 0.25) is 0 Å². The molecule has 0 aliphatic carbocycles. The number of amidine groups is 1. The molecule has 0 saturated carbocycles. The van der Waals surface area contributed by atoms with Crippen molar-refractivity contribution in [3.05, 3.63) is 113 Å². The van der Waals surface area contributed by atoms with Gasteiger partial charge in [0.25, 0.3) is 0 Å². The molecule has 0 saturated heterocycles. The number of Topliss-reactive ketones (excluding diaryl/α,β-unsaturated/α-hetero) is 1. The SMILES string of the molecule is CC(=O)c1ccc(OCc2ccc(Cc3cccc(C(=[NH2+])N=NN)c3)cc2)c(-c2ccccn2)c1O. The molecule has 8 heteroatoms. The first-order valence-electron chi connectivity index (χ1n) is 11.3. The summed E-state index contributed by atoms with van der Waals surface area (Å²) >= 11 is 0. The summed E-state index contributed by atoms with van der Waals surface area (Å²) in [5, 5.41) is 23.6. The molecule has 0 spiro atoms. The normalized spacial score (nSPS) is 10.9. The summed E-state index contributed by atoms with van der Waals surface area (Å²) in [4.78, 5) is 16.3. The summed E-state index contributed by atoms with van der Waals surface area (Å²) < 4.78 is 6.06. The first kappa shape index (κ1) is 24.3. The maximum Gasteiger partial charge on any atom is 0.350 e. The van der Waals surface area contributed by atoms with E-state index in [2.05, 4.69) is 15.3 Å². The van der Waals surface area contributed by atoms with Gasteiger partial charge in [-0.15, -0.1) is 0 Å². The Hall–Kier alpha value is -4.85. The Labute approximate surface area is 208 Å². The van der Waals surface area contributed by atoms with Crippen molar-refractivity contribution in [1.29, 1.82) is 0 Å². The van der Waals surface area contributed by atoms with E-state index >= 15 is 0 Å². The fourth-order valence-electron chi connectivity index (χ4n) is 3.85. The van der Waals surface area contributed by atoms with Crippen LogP contribution in [0.2, 0.25) is 0 Å². The van der Waals surface area contributed by atoms with E-state index in [1.54, 1.807) is 30.5 Å². The Kier molecular flexibility index (Phi) is 7.45. The number of aromatic nitrogens is 1. The number of phenols is 1. The number of phenolic OH excluding ortho intramolecular Hbond substituents is 1. The predicted molar refractivity (Wildman–Crippen MR) is 136 cm³/mol. The summed E-state index contributed by atoms with van der Waals surface area (Å²) in [6.45, 7) is 1.69. The Morgan fingerprint density at radius 1 is 1.00 bits per heavy atom. The molecular weight excluding hydrogens is 454 g/mol.